The first-order chi connectivity index (χ1) is 13.1. The fourth-order valence-corrected chi connectivity index (χ4v) is 3.42. The van der Waals surface area contributed by atoms with Gasteiger partial charge in [-0.1, -0.05) is 0 Å². The minimum Gasteiger partial charge on any atom is -0.463 e. The van der Waals surface area contributed by atoms with Crippen LogP contribution in [0.1, 0.15) is 20.3 Å². The molecule has 0 bridgehead atoms. The SMILES string of the molecule is CCOC(=O)C1=C[C@@H](O)[C@H](NC(C)=O)[C@@H](NCC2(O)O[C@H](CO)[C@@H](O)[C@@H]2O)C1. The standard InChI is InChI=1S/C17H28N2O9/c1-3-27-16(25)9-4-10(13(11(22)5-9)19-8(2)21)18-7-17(26)15(24)14(23)12(6-20)28-17/h5,10-15,18,20,22-24,26H,3-4,6-7H2,1-2H3,(H,19,21)/t10-,11+,12+,13+,14+,15-,17?/m0/s1. The summed E-state index contributed by atoms with van der Waals surface area (Å²) in [4.78, 5) is 23.5. The number of carbonyl (C=O) groups is 2. The normalized spacial score (nSPS) is 38.0. The molecule has 0 radical (unpaired) electrons. The Balaban J connectivity index is 2.14. The van der Waals surface area contributed by atoms with Crippen LogP contribution in [0.5, 0.6) is 0 Å². The summed E-state index contributed by atoms with van der Waals surface area (Å²) >= 11 is 0. The van der Waals surface area contributed by atoms with Crippen molar-refractivity contribution in [2.24, 2.45) is 0 Å². The van der Waals surface area contributed by atoms with Crippen molar-refractivity contribution in [2.45, 2.75) is 62.6 Å². The Morgan fingerprint density at radius 1 is 1.36 bits per heavy atom. The fourth-order valence-electron chi connectivity index (χ4n) is 3.42. The molecule has 1 aliphatic heterocycles. The van der Waals surface area contributed by atoms with Gasteiger partial charge >= 0.3 is 5.97 Å². The summed E-state index contributed by atoms with van der Waals surface area (Å²) in [6, 6.07) is -1.54. The van der Waals surface area contributed by atoms with Crippen molar-refractivity contribution in [3.05, 3.63) is 11.6 Å². The summed E-state index contributed by atoms with van der Waals surface area (Å²) in [7, 11) is 0. The Bertz CT molecular complexity index is 613. The molecule has 11 nitrogen and oxygen atoms in total. The van der Waals surface area contributed by atoms with Crippen LogP contribution in [0.15, 0.2) is 11.6 Å². The molecule has 7 N–H and O–H groups in total. The molecule has 11 heteroatoms. The molecule has 0 saturated carbocycles. The number of aliphatic hydroxyl groups excluding tert-OH is 4. The van der Waals surface area contributed by atoms with Crippen LogP contribution in [0.25, 0.3) is 0 Å². The minimum absolute atomic E-state index is 0.0684. The molecule has 1 heterocycles. The zero-order chi connectivity index (χ0) is 21.1. The van der Waals surface area contributed by atoms with Crippen LogP contribution in [-0.4, -0.2) is 99.5 Å². The summed E-state index contributed by atoms with van der Waals surface area (Å²) in [5.41, 5.74) is 0.196. The third-order valence-electron chi connectivity index (χ3n) is 4.84. The van der Waals surface area contributed by atoms with Gasteiger partial charge in [-0.15, -0.1) is 0 Å². The van der Waals surface area contributed by atoms with Crippen LogP contribution in [-0.2, 0) is 19.1 Å². The van der Waals surface area contributed by atoms with E-state index in [0.717, 1.165) is 0 Å². The Hall–Kier alpha value is -1.60. The van der Waals surface area contributed by atoms with E-state index in [1.807, 2.05) is 0 Å². The zero-order valence-electron chi connectivity index (χ0n) is 15.7. The molecule has 1 aliphatic carbocycles. The van der Waals surface area contributed by atoms with Crippen LogP contribution < -0.4 is 10.6 Å². The first-order valence-electron chi connectivity index (χ1n) is 9.06. The topological polar surface area (TPSA) is 178 Å². The van der Waals surface area contributed by atoms with Crippen LogP contribution in [0.2, 0.25) is 0 Å². The van der Waals surface area contributed by atoms with Gasteiger partial charge in [-0.25, -0.2) is 4.79 Å². The number of carbonyl (C=O) groups excluding carboxylic acids is 2. The van der Waals surface area contributed by atoms with Crippen molar-refractivity contribution in [3.8, 4) is 0 Å². The molecule has 7 atom stereocenters. The molecule has 0 aromatic heterocycles. The van der Waals surface area contributed by atoms with E-state index in [0.29, 0.717) is 0 Å². The number of aliphatic hydroxyl groups is 5. The van der Waals surface area contributed by atoms with Gasteiger partial charge in [0.15, 0.2) is 0 Å². The van der Waals surface area contributed by atoms with Crippen LogP contribution >= 0.6 is 0 Å². The molecule has 1 fully saturated rings. The maximum atomic E-state index is 12.0. The highest BCUT2D eigenvalue weighted by molar-refractivity contribution is 5.89. The van der Waals surface area contributed by atoms with E-state index in [2.05, 4.69) is 10.6 Å². The number of nitrogens with one attached hydrogen (secondary N) is 2. The van der Waals surface area contributed by atoms with Gasteiger partial charge in [0.1, 0.15) is 18.3 Å². The second kappa shape index (κ2) is 9.27. The highest BCUT2D eigenvalue weighted by Crippen LogP contribution is 2.29. The molecule has 0 aromatic carbocycles. The third kappa shape index (κ3) is 4.87. The quantitative estimate of drug-likeness (QED) is 0.211. The number of amides is 1. The zero-order valence-corrected chi connectivity index (χ0v) is 15.7. The lowest BCUT2D eigenvalue weighted by Crippen LogP contribution is -2.61. The van der Waals surface area contributed by atoms with Gasteiger partial charge in [-0.05, 0) is 19.4 Å². The Morgan fingerprint density at radius 2 is 2.04 bits per heavy atom. The van der Waals surface area contributed by atoms with Crippen molar-refractivity contribution in [1.29, 1.82) is 0 Å². The Kier molecular flexibility index (Phi) is 7.51. The van der Waals surface area contributed by atoms with E-state index in [-0.39, 0.29) is 18.6 Å². The lowest BCUT2D eigenvalue weighted by molar-refractivity contribution is -0.227. The maximum Gasteiger partial charge on any atom is 0.333 e. The van der Waals surface area contributed by atoms with Gasteiger partial charge in [0.05, 0.1) is 31.9 Å². The van der Waals surface area contributed by atoms with E-state index < -0.39 is 67.3 Å². The molecular formula is C17H28N2O9. The first kappa shape index (κ1) is 22.7. The second-order valence-electron chi connectivity index (χ2n) is 6.94. The molecule has 0 aromatic rings. The molecule has 0 spiro atoms. The molecule has 160 valence electrons. The van der Waals surface area contributed by atoms with Gasteiger partial charge in [-0.3, -0.25) is 4.79 Å². The smallest absolute Gasteiger partial charge is 0.333 e. The van der Waals surface area contributed by atoms with Gasteiger partial charge in [0.25, 0.3) is 0 Å². The monoisotopic (exact) mass is 404 g/mol. The van der Waals surface area contributed by atoms with Crippen molar-refractivity contribution < 1.29 is 44.6 Å². The summed E-state index contributed by atoms with van der Waals surface area (Å²) < 4.78 is 10.1. The second-order valence-corrected chi connectivity index (χ2v) is 6.94. The van der Waals surface area contributed by atoms with E-state index in [1.54, 1.807) is 6.92 Å². The predicted molar refractivity (Wildman–Crippen MR) is 93.7 cm³/mol. The van der Waals surface area contributed by atoms with E-state index in [1.165, 1.54) is 13.0 Å². The van der Waals surface area contributed by atoms with Crippen molar-refractivity contribution in [3.63, 3.8) is 0 Å². The summed E-state index contributed by atoms with van der Waals surface area (Å²) in [6.07, 6.45) is -4.18. The van der Waals surface area contributed by atoms with Crippen LogP contribution in [0.3, 0.4) is 0 Å². The number of esters is 1. The van der Waals surface area contributed by atoms with E-state index in [4.69, 9.17) is 14.6 Å². The number of ether oxygens (including phenoxy) is 2. The summed E-state index contributed by atoms with van der Waals surface area (Å²) in [5.74, 6) is -3.22. The van der Waals surface area contributed by atoms with Crippen LogP contribution in [0, 0.1) is 0 Å². The van der Waals surface area contributed by atoms with Crippen LogP contribution in [0.4, 0.5) is 0 Å². The van der Waals surface area contributed by atoms with Gasteiger partial charge in [-0.2, -0.15) is 0 Å². The number of hydrogen-bond acceptors (Lipinski definition) is 10. The summed E-state index contributed by atoms with van der Waals surface area (Å²) in [5, 5.41) is 55.3. The average Bonchev–Trinajstić information content (AvgIpc) is 2.86. The fraction of sp³-hybridized carbons (Fsp3) is 0.765. The largest absolute Gasteiger partial charge is 0.463 e. The Morgan fingerprint density at radius 3 is 2.57 bits per heavy atom. The molecule has 1 unspecified atom stereocenters. The molecule has 1 amide bonds. The lowest BCUT2D eigenvalue weighted by atomic mass is 9.87. The van der Waals surface area contributed by atoms with Gasteiger partial charge in [0, 0.05) is 18.5 Å². The number of rotatable bonds is 7. The van der Waals surface area contributed by atoms with Crippen molar-refractivity contribution in [1.82, 2.24) is 10.6 Å². The molecule has 2 aliphatic rings. The molecule has 1 saturated heterocycles. The highest BCUT2D eigenvalue weighted by Gasteiger charge is 2.53. The minimum atomic E-state index is -2.20. The van der Waals surface area contributed by atoms with Gasteiger partial charge in [0.2, 0.25) is 11.7 Å². The number of hydrogen-bond donors (Lipinski definition) is 7. The first-order valence-corrected chi connectivity index (χ1v) is 9.06. The molecule has 2 rings (SSSR count). The third-order valence-corrected chi connectivity index (χ3v) is 4.84. The predicted octanol–water partition coefficient (Wildman–Crippen LogP) is -3.50. The molecule has 28 heavy (non-hydrogen) atoms. The summed E-state index contributed by atoms with van der Waals surface area (Å²) in [6.45, 7) is 2.07. The van der Waals surface area contributed by atoms with Gasteiger partial charge < -0.3 is 45.6 Å². The van der Waals surface area contributed by atoms with Crippen molar-refractivity contribution >= 4 is 11.9 Å². The van der Waals surface area contributed by atoms with E-state index >= 15 is 0 Å². The average molecular weight is 404 g/mol. The van der Waals surface area contributed by atoms with Crippen molar-refractivity contribution in [2.75, 3.05) is 19.8 Å². The highest BCUT2D eigenvalue weighted by atomic mass is 16.7. The van der Waals surface area contributed by atoms with E-state index in [9.17, 15) is 30.0 Å². The Labute approximate surface area is 161 Å². The maximum absolute atomic E-state index is 12.0. The molecular weight excluding hydrogens is 376 g/mol. The lowest BCUT2D eigenvalue weighted by Gasteiger charge is -2.37.